The summed E-state index contributed by atoms with van der Waals surface area (Å²) in [4.78, 5) is 9.09. The van der Waals surface area contributed by atoms with Crippen LogP contribution in [0, 0.1) is 0 Å². The maximum absolute atomic E-state index is 6.20. The summed E-state index contributed by atoms with van der Waals surface area (Å²) < 4.78 is 0. The highest BCUT2D eigenvalue weighted by atomic mass is 35.5. The van der Waals surface area contributed by atoms with Gasteiger partial charge in [0.15, 0.2) is 5.11 Å². The lowest BCUT2D eigenvalue weighted by atomic mass is 10.2. The Morgan fingerprint density at radius 3 is 2.92 bits per heavy atom. The second-order valence-electron chi connectivity index (χ2n) is 5.79. The molecule has 1 aliphatic heterocycles. The van der Waals surface area contributed by atoms with E-state index in [9.17, 15) is 0 Å². The van der Waals surface area contributed by atoms with Crippen LogP contribution in [0.3, 0.4) is 0 Å². The highest BCUT2D eigenvalue weighted by molar-refractivity contribution is 7.80. The molecule has 1 fully saturated rings. The molecule has 4 nitrogen and oxygen atoms in total. The van der Waals surface area contributed by atoms with E-state index in [0.717, 1.165) is 54.8 Å². The highest BCUT2D eigenvalue weighted by Crippen LogP contribution is 2.15. The first-order chi connectivity index (χ1) is 11.7. The van der Waals surface area contributed by atoms with Gasteiger partial charge in [0.2, 0.25) is 0 Å². The summed E-state index contributed by atoms with van der Waals surface area (Å²) in [5.41, 5.74) is 1.07. The Kier molecular flexibility index (Phi) is 6.43. The molecule has 3 rings (SSSR count). The SMILES string of the molecule is S=C(NCc1ccccc1Cl)N1CCCN(Cc2nccs2)CC1. The van der Waals surface area contributed by atoms with E-state index >= 15 is 0 Å². The van der Waals surface area contributed by atoms with Crippen molar-refractivity contribution in [3.05, 3.63) is 51.4 Å². The topological polar surface area (TPSA) is 31.4 Å². The lowest BCUT2D eigenvalue weighted by Gasteiger charge is -2.24. The van der Waals surface area contributed by atoms with Gasteiger partial charge in [-0.05, 0) is 30.3 Å². The molecule has 2 heterocycles. The summed E-state index contributed by atoms with van der Waals surface area (Å²) in [6.07, 6.45) is 2.98. The van der Waals surface area contributed by atoms with Crippen molar-refractivity contribution in [3.8, 4) is 0 Å². The summed E-state index contributed by atoms with van der Waals surface area (Å²) in [5.74, 6) is 0. The van der Waals surface area contributed by atoms with E-state index in [4.69, 9.17) is 23.8 Å². The van der Waals surface area contributed by atoms with Gasteiger partial charge in [-0.25, -0.2) is 4.98 Å². The van der Waals surface area contributed by atoms with Crippen LogP contribution in [-0.2, 0) is 13.1 Å². The van der Waals surface area contributed by atoms with Crippen LogP contribution in [0.25, 0.3) is 0 Å². The molecule has 0 aliphatic carbocycles. The summed E-state index contributed by atoms with van der Waals surface area (Å²) in [5, 5.41) is 8.15. The average molecular weight is 381 g/mol. The van der Waals surface area contributed by atoms with Crippen molar-refractivity contribution < 1.29 is 0 Å². The number of halogens is 1. The van der Waals surface area contributed by atoms with Crippen LogP contribution < -0.4 is 5.32 Å². The maximum Gasteiger partial charge on any atom is 0.169 e. The van der Waals surface area contributed by atoms with E-state index in [1.165, 1.54) is 5.01 Å². The van der Waals surface area contributed by atoms with Crippen LogP contribution >= 0.6 is 35.2 Å². The molecule has 1 N–H and O–H groups in total. The summed E-state index contributed by atoms with van der Waals surface area (Å²) in [7, 11) is 0. The third-order valence-corrected chi connectivity index (χ3v) is 5.64. The largest absolute Gasteiger partial charge is 0.358 e. The van der Waals surface area contributed by atoms with Gasteiger partial charge in [-0.2, -0.15) is 0 Å². The number of hydrogen-bond donors (Lipinski definition) is 1. The van der Waals surface area contributed by atoms with E-state index in [2.05, 4.69) is 20.1 Å². The van der Waals surface area contributed by atoms with Gasteiger partial charge in [-0.1, -0.05) is 29.8 Å². The van der Waals surface area contributed by atoms with Gasteiger partial charge in [0.25, 0.3) is 0 Å². The quantitative estimate of drug-likeness (QED) is 0.822. The average Bonchev–Trinajstić information content (AvgIpc) is 2.98. The molecule has 0 spiro atoms. The number of nitrogens with zero attached hydrogens (tertiary/aromatic N) is 3. The molecule has 1 aromatic carbocycles. The smallest absolute Gasteiger partial charge is 0.169 e. The molecule has 1 aliphatic rings. The molecule has 24 heavy (non-hydrogen) atoms. The van der Waals surface area contributed by atoms with Gasteiger partial charge in [0, 0.05) is 49.3 Å². The fourth-order valence-corrected chi connectivity index (χ4v) is 3.89. The summed E-state index contributed by atoms with van der Waals surface area (Å²) in [6, 6.07) is 7.87. The number of thiazole rings is 1. The number of nitrogens with one attached hydrogen (secondary N) is 1. The third kappa shape index (κ3) is 4.89. The molecule has 0 amide bonds. The van der Waals surface area contributed by atoms with E-state index in [-0.39, 0.29) is 0 Å². The van der Waals surface area contributed by atoms with E-state index in [0.29, 0.717) is 6.54 Å². The van der Waals surface area contributed by atoms with E-state index in [1.54, 1.807) is 11.3 Å². The fourth-order valence-electron chi connectivity index (χ4n) is 2.78. The molecule has 0 saturated carbocycles. The molecule has 1 aromatic heterocycles. The van der Waals surface area contributed by atoms with Crippen molar-refractivity contribution in [1.29, 1.82) is 0 Å². The van der Waals surface area contributed by atoms with Crippen molar-refractivity contribution in [2.24, 2.45) is 0 Å². The maximum atomic E-state index is 6.20. The zero-order valence-corrected chi connectivity index (χ0v) is 15.8. The number of rotatable bonds is 4. The van der Waals surface area contributed by atoms with E-state index in [1.807, 2.05) is 35.8 Å². The molecular weight excluding hydrogens is 360 g/mol. The van der Waals surface area contributed by atoms with Gasteiger partial charge < -0.3 is 10.2 Å². The molecule has 0 radical (unpaired) electrons. The Morgan fingerprint density at radius 2 is 2.12 bits per heavy atom. The van der Waals surface area contributed by atoms with Crippen LogP contribution in [0.2, 0.25) is 5.02 Å². The van der Waals surface area contributed by atoms with Crippen LogP contribution in [0.4, 0.5) is 0 Å². The zero-order valence-electron chi connectivity index (χ0n) is 13.4. The zero-order chi connectivity index (χ0) is 16.8. The molecule has 7 heteroatoms. The normalized spacial score (nSPS) is 16.0. The number of hydrogen-bond acceptors (Lipinski definition) is 4. The third-order valence-electron chi connectivity index (χ3n) is 4.11. The van der Waals surface area contributed by atoms with Crippen molar-refractivity contribution in [1.82, 2.24) is 20.1 Å². The Bertz CT molecular complexity index is 662. The number of thiocarbonyl (C=S) groups is 1. The minimum absolute atomic E-state index is 0.665. The Morgan fingerprint density at radius 1 is 1.25 bits per heavy atom. The summed E-state index contributed by atoms with van der Waals surface area (Å²) in [6.45, 7) is 5.63. The predicted molar refractivity (Wildman–Crippen MR) is 104 cm³/mol. The van der Waals surface area contributed by atoms with Gasteiger partial charge in [0.1, 0.15) is 5.01 Å². The monoisotopic (exact) mass is 380 g/mol. The summed E-state index contributed by atoms with van der Waals surface area (Å²) >= 11 is 13.5. The van der Waals surface area contributed by atoms with Crippen LogP contribution in [-0.4, -0.2) is 46.1 Å². The van der Waals surface area contributed by atoms with Crippen LogP contribution in [0.1, 0.15) is 17.0 Å². The molecule has 0 unspecified atom stereocenters. The number of benzene rings is 1. The van der Waals surface area contributed by atoms with Crippen molar-refractivity contribution in [2.45, 2.75) is 19.5 Å². The van der Waals surface area contributed by atoms with Gasteiger partial charge in [-0.15, -0.1) is 11.3 Å². The van der Waals surface area contributed by atoms with Crippen molar-refractivity contribution in [2.75, 3.05) is 26.2 Å². The first-order valence-corrected chi connectivity index (χ1v) is 9.76. The fraction of sp³-hybridized carbons (Fsp3) is 0.412. The minimum atomic E-state index is 0.665. The standard InChI is InChI=1S/C17H21ClN4S2/c18-15-5-2-1-4-14(15)12-20-17(23)22-8-3-7-21(9-10-22)13-16-19-6-11-24-16/h1-2,4-6,11H,3,7-10,12-13H2,(H,20,23). The molecule has 1 saturated heterocycles. The minimum Gasteiger partial charge on any atom is -0.358 e. The van der Waals surface area contributed by atoms with Crippen LogP contribution in [0.5, 0.6) is 0 Å². The molecule has 128 valence electrons. The van der Waals surface area contributed by atoms with Crippen molar-refractivity contribution in [3.63, 3.8) is 0 Å². The molecule has 0 atom stereocenters. The lowest BCUT2D eigenvalue weighted by Crippen LogP contribution is -2.41. The Hall–Kier alpha value is -1.21. The van der Waals surface area contributed by atoms with Gasteiger partial charge in [-0.3, -0.25) is 4.90 Å². The second-order valence-corrected chi connectivity index (χ2v) is 7.57. The van der Waals surface area contributed by atoms with Crippen molar-refractivity contribution >= 4 is 40.3 Å². The predicted octanol–water partition coefficient (Wildman–Crippen LogP) is 3.38. The van der Waals surface area contributed by atoms with Gasteiger partial charge >= 0.3 is 0 Å². The molecule has 2 aromatic rings. The Labute approximate surface area is 157 Å². The number of aromatic nitrogens is 1. The Balaban J connectivity index is 1.48. The van der Waals surface area contributed by atoms with Gasteiger partial charge in [0.05, 0.1) is 6.54 Å². The van der Waals surface area contributed by atoms with Crippen LogP contribution in [0.15, 0.2) is 35.8 Å². The first kappa shape index (κ1) is 17.6. The first-order valence-electron chi connectivity index (χ1n) is 8.09. The van der Waals surface area contributed by atoms with E-state index < -0.39 is 0 Å². The highest BCUT2D eigenvalue weighted by Gasteiger charge is 2.17. The lowest BCUT2D eigenvalue weighted by molar-refractivity contribution is 0.277. The second kappa shape index (κ2) is 8.76. The molecular formula is C17H21ClN4S2. The molecule has 0 bridgehead atoms.